The molecule has 35 heavy (non-hydrogen) atoms. The maximum atomic E-state index is 14.8. The molecule has 180 valence electrons. The van der Waals surface area contributed by atoms with Gasteiger partial charge in [0.25, 0.3) is 6.43 Å². The van der Waals surface area contributed by atoms with Crippen molar-refractivity contribution < 1.29 is 27.2 Å². The van der Waals surface area contributed by atoms with Crippen molar-refractivity contribution in [1.29, 1.82) is 0 Å². The molecule has 1 aromatic carbocycles. The summed E-state index contributed by atoms with van der Waals surface area (Å²) in [6.45, 7) is 1.11. The Bertz CT molecular complexity index is 1380. The SMILES string of the molecule is C[C@H]1C(=O)N(CC(=O)Nc2ccc(C(F)F)cc2)c2cc(C3(F)CC3)oc(=O)c2-c2cccnc21. The molecule has 1 fully saturated rings. The summed E-state index contributed by atoms with van der Waals surface area (Å²) >= 11 is 0. The second-order valence-corrected chi connectivity index (χ2v) is 8.68. The van der Waals surface area contributed by atoms with E-state index >= 15 is 0 Å². The van der Waals surface area contributed by atoms with E-state index in [1.807, 2.05) is 0 Å². The molecule has 0 bridgehead atoms. The van der Waals surface area contributed by atoms with Crippen molar-refractivity contribution >= 4 is 23.2 Å². The quantitative estimate of drug-likeness (QED) is 0.569. The minimum atomic E-state index is -2.64. The average molecular weight is 483 g/mol. The van der Waals surface area contributed by atoms with Crippen LogP contribution in [0.5, 0.6) is 0 Å². The molecular weight excluding hydrogens is 463 g/mol. The molecule has 0 saturated heterocycles. The van der Waals surface area contributed by atoms with Crippen LogP contribution in [0.4, 0.5) is 24.5 Å². The van der Waals surface area contributed by atoms with Crippen LogP contribution in [0.25, 0.3) is 11.1 Å². The van der Waals surface area contributed by atoms with Crippen molar-refractivity contribution in [2.24, 2.45) is 0 Å². The number of carbonyl (C=O) groups excluding carboxylic acids is 2. The van der Waals surface area contributed by atoms with Gasteiger partial charge in [-0.1, -0.05) is 18.2 Å². The van der Waals surface area contributed by atoms with E-state index in [1.165, 1.54) is 36.5 Å². The fraction of sp³-hybridized carbons (Fsp3) is 0.280. The molecule has 0 unspecified atom stereocenters. The van der Waals surface area contributed by atoms with Crippen LogP contribution < -0.4 is 15.8 Å². The number of amides is 2. The first-order chi connectivity index (χ1) is 16.7. The smallest absolute Gasteiger partial charge is 0.346 e. The van der Waals surface area contributed by atoms with E-state index in [1.54, 1.807) is 19.1 Å². The summed E-state index contributed by atoms with van der Waals surface area (Å²) in [7, 11) is 0. The second kappa shape index (κ2) is 8.37. The van der Waals surface area contributed by atoms with Crippen LogP contribution >= 0.6 is 0 Å². The Labute approximate surface area is 197 Å². The lowest BCUT2D eigenvalue weighted by atomic mass is 9.98. The number of aromatic nitrogens is 1. The maximum absolute atomic E-state index is 14.8. The molecule has 1 atom stereocenters. The Kier molecular flexibility index (Phi) is 5.46. The zero-order valence-electron chi connectivity index (χ0n) is 18.6. The molecule has 1 aliphatic heterocycles. The summed E-state index contributed by atoms with van der Waals surface area (Å²) in [6.07, 6.45) is -0.780. The molecule has 0 radical (unpaired) electrons. The van der Waals surface area contributed by atoms with Crippen LogP contribution in [0.15, 0.2) is 57.9 Å². The van der Waals surface area contributed by atoms with Crippen LogP contribution in [-0.2, 0) is 15.3 Å². The summed E-state index contributed by atoms with van der Waals surface area (Å²) in [4.78, 5) is 44.8. The van der Waals surface area contributed by atoms with E-state index in [0.29, 0.717) is 11.3 Å². The molecule has 2 aromatic heterocycles. The summed E-state index contributed by atoms with van der Waals surface area (Å²) in [5.74, 6) is -2.13. The molecule has 2 amide bonds. The van der Waals surface area contributed by atoms with Crippen molar-refractivity contribution in [3.05, 3.63) is 76.1 Å². The van der Waals surface area contributed by atoms with Crippen molar-refractivity contribution in [2.45, 2.75) is 37.8 Å². The van der Waals surface area contributed by atoms with E-state index < -0.39 is 42.0 Å². The number of rotatable bonds is 5. The predicted octanol–water partition coefficient (Wildman–Crippen LogP) is 4.69. The molecule has 2 aliphatic rings. The number of hydrogen-bond acceptors (Lipinski definition) is 5. The molecule has 5 rings (SSSR count). The van der Waals surface area contributed by atoms with E-state index in [9.17, 15) is 27.6 Å². The zero-order chi connectivity index (χ0) is 24.9. The molecule has 1 aliphatic carbocycles. The Morgan fingerprint density at radius 3 is 2.60 bits per heavy atom. The van der Waals surface area contributed by atoms with Crippen LogP contribution in [0.3, 0.4) is 0 Å². The van der Waals surface area contributed by atoms with Crippen molar-refractivity contribution in [3.63, 3.8) is 0 Å². The number of pyridine rings is 1. The van der Waals surface area contributed by atoms with Gasteiger partial charge in [0.1, 0.15) is 12.3 Å². The summed E-state index contributed by atoms with van der Waals surface area (Å²) < 4.78 is 45.7. The van der Waals surface area contributed by atoms with Gasteiger partial charge in [0.05, 0.1) is 22.9 Å². The van der Waals surface area contributed by atoms with E-state index in [0.717, 1.165) is 4.90 Å². The fourth-order valence-corrected chi connectivity index (χ4v) is 4.18. The predicted molar refractivity (Wildman–Crippen MR) is 121 cm³/mol. The molecule has 7 nitrogen and oxygen atoms in total. The van der Waals surface area contributed by atoms with Crippen molar-refractivity contribution in [3.8, 4) is 11.1 Å². The van der Waals surface area contributed by atoms with Gasteiger partial charge >= 0.3 is 5.63 Å². The lowest BCUT2D eigenvalue weighted by Gasteiger charge is -2.24. The van der Waals surface area contributed by atoms with Gasteiger partial charge in [-0.3, -0.25) is 14.6 Å². The van der Waals surface area contributed by atoms with Gasteiger partial charge < -0.3 is 14.6 Å². The first kappa shape index (κ1) is 22.8. The standard InChI is InChI=1S/C25H20F3N3O4/c1-13-21-16(3-2-10-29-21)20-17(11-18(35-24(20)34)25(28)8-9-25)31(23(13)33)12-19(32)30-15-6-4-14(5-7-15)22(26)27/h2-7,10-11,13,22H,8-9,12H2,1H3,(H,30,32)/t13-/m1/s1. The summed E-state index contributed by atoms with van der Waals surface area (Å²) in [6, 6.07) is 9.56. The lowest BCUT2D eigenvalue weighted by molar-refractivity contribution is -0.122. The van der Waals surface area contributed by atoms with Gasteiger partial charge in [-0.15, -0.1) is 0 Å². The second-order valence-electron chi connectivity index (χ2n) is 8.68. The highest BCUT2D eigenvalue weighted by atomic mass is 19.3. The van der Waals surface area contributed by atoms with Crippen molar-refractivity contribution in [2.75, 3.05) is 16.8 Å². The number of benzene rings is 1. The third-order valence-electron chi connectivity index (χ3n) is 6.25. The summed E-state index contributed by atoms with van der Waals surface area (Å²) in [5.41, 5.74) is -1.76. The van der Waals surface area contributed by atoms with E-state index in [4.69, 9.17) is 4.42 Å². The normalized spacial score (nSPS) is 18.0. The van der Waals surface area contributed by atoms with Crippen molar-refractivity contribution in [1.82, 2.24) is 4.98 Å². The number of alkyl halides is 3. The Morgan fingerprint density at radius 1 is 1.23 bits per heavy atom. The first-order valence-electron chi connectivity index (χ1n) is 11.0. The third-order valence-corrected chi connectivity index (χ3v) is 6.25. The molecule has 3 heterocycles. The lowest BCUT2D eigenvalue weighted by Crippen LogP contribution is -2.40. The van der Waals surface area contributed by atoms with Gasteiger partial charge in [-0.2, -0.15) is 0 Å². The highest BCUT2D eigenvalue weighted by Crippen LogP contribution is 2.51. The van der Waals surface area contributed by atoms with Crippen LogP contribution in [-0.4, -0.2) is 23.3 Å². The minimum Gasteiger partial charge on any atom is -0.424 e. The van der Waals surface area contributed by atoms with Crippen LogP contribution in [0.1, 0.15) is 49.1 Å². The Morgan fingerprint density at radius 2 is 1.94 bits per heavy atom. The van der Waals surface area contributed by atoms with Gasteiger partial charge in [0, 0.05) is 29.1 Å². The number of nitrogens with zero attached hydrogens (tertiary/aromatic N) is 2. The molecular formula is C25H20F3N3O4. The minimum absolute atomic E-state index is 0.0212. The largest absolute Gasteiger partial charge is 0.424 e. The average Bonchev–Trinajstić information content (AvgIpc) is 3.60. The number of carbonyl (C=O) groups is 2. The summed E-state index contributed by atoms with van der Waals surface area (Å²) in [5, 5.41) is 2.57. The molecule has 0 spiro atoms. The highest BCUT2D eigenvalue weighted by Gasteiger charge is 2.49. The van der Waals surface area contributed by atoms with Crippen LogP contribution in [0.2, 0.25) is 0 Å². The van der Waals surface area contributed by atoms with Gasteiger partial charge in [0.15, 0.2) is 5.67 Å². The van der Waals surface area contributed by atoms with E-state index in [-0.39, 0.29) is 41.1 Å². The monoisotopic (exact) mass is 483 g/mol. The zero-order valence-corrected chi connectivity index (χ0v) is 18.6. The Balaban J connectivity index is 1.54. The maximum Gasteiger partial charge on any atom is 0.346 e. The topological polar surface area (TPSA) is 92.5 Å². The number of hydrogen-bond donors (Lipinski definition) is 1. The Hall–Kier alpha value is -3.95. The van der Waals surface area contributed by atoms with Gasteiger partial charge in [-0.25, -0.2) is 18.0 Å². The third kappa shape index (κ3) is 4.09. The number of halogens is 3. The van der Waals surface area contributed by atoms with Gasteiger partial charge in [-0.05, 0) is 38.0 Å². The number of nitrogens with one attached hydrogen (secondary N) is 1. The molecule has 1 saturated carbocycles. The molecule has 1 N–H and O–H groups in total. The number of fused-ring (bicyclic) bond motifs is 3. The van der Waals surface area contributed by atoms with E-state index in [2.05, 4.69) is 10.3 Å². The molecule has 3 aromatic rings. The van der Waals surface area contributed by atoms with Gasteiger partial charge in [0.2, 0.25) is 11.8 Å². The number of anilines is 2. The highest BCUT2D eigenvalue weighted by molar-refractivity contribution is 6.09. The first-order valence-corrected chi connectivity index (χ1v) is 11.0. The molecule has 10 heteroatoms. The van der Waals surface area contributed by atoms with Crippen LogP contribution in [0, 0.1) is 0 Å². The fourth-order valence-electron chi connectivity index (χ4n) is 4.18.